The quantitative estimate of drug-likeness (QED) is 0.693. The minimum Gasteiger partial charge on any atom is -0.379 e. The molecule has 0 fully saturated rings. The highest BCUT2D eigenvalue weighted by Crippen LogP contribution is 2.23. The summed E-state index contributed by atoms with van der Waals surface area (Å²) in [6.45, 7) is 5.22. The number of aryl methyl sites for hydroxylation is 3. The Morgan fingerprint density at radius 3 is 2.67 bits per heavy atom. The molecule has 24 heavy (non-hydrogen) atoms. The smallest absolute Gasteiger partial charge is 0.379 e. The number of rotatable bonds is 5. The van der Waals surface area contributed by atoms with Crippen molar-refractivity contribution in [3.63, 3.8) is 0 Å². The molecule has 1 unspecified atom stereocenters. The predicted octanol–water partition coefficient (Wildman–Crippen LogP) is 1.85. The fourth-order valence-electron chi connectivity index (χ4n) is 2.23. The van der Waals surface area contributed by atoms with E-state index in [-0.39, 0.29) is 18.0 Å². The zero-order valence-corrected chi connectivity index (χ0v) is 14.1. The maximum atomic E-state index is 12.5. The zero-order valence-electron chi connectivity index (χ0n) is 13.3. The van der Waals surface area contributed by atoms with Crippen molar-refractivity contribution in [2.24, 2.45) is 0 Å². The normalized spacial score (nSPS) is 12.3. The first-order chi connectivity index (χ1) is 11.5. The third-order valence-corrected chi connectivity index (χ3v) is 4.31. The molecule has 1 atom stereocenters. The van der Waals surface area contributed by atoms with E-state index in [1.807, 2.05) is 31.2 Å². The van der Waals surface area contributed by atoms with Crippen molar-refractivity contribution in [3.05, 3.63) is 63.2 Å². The van der Waals surface area contributed by atoms with Crippen LogP contribution in [-0.2, 0) is 17.7 Å². The first-order valence-corrected chi connectivity index (χ1v) is 8.15. The van der Waals surface area contributed by atoms with Gasteiger partial charge in [-0.05, 0) is 19.4 Å². The monoisotopic (exact) mass is 349 g/mol. The molecule has 0 aliphatic carbocycles. The van der Waals surface area contributed by atoms with E-state index in [1.165, 1.54) is 0 Å². The minimum atomic E-state index is -2.16. The first-order valence-electron chi connectivity index (χ1n) is 7.12. The topological polar surface area (TPSA) is 100 Å². The number of hydrogen-bond acceptors (Lipinski definition) is 7. The third-order valence-electron chi connectivity index (χ3n) is 3.35. The second-order valence-corrected chi connectivity index (χ2v) is 6.24. The van der Waals surface area contributed by atoms with Gasteiger partial charge in [0.05, 0.1) is 0 Å². The Labute approximate surface area is 139 Å². The van der Waals surface area contributed by atoms with Gasteiger partial charge in [-0.25, -0.2) is 4.79 Å². The van der Waals surface area contributed by atoms with Gasteiger partial charge in [-0.1, -0.05) is 40.1 Å². The molecule has 3 aromatic rings. The van der Waals surface area contributed by atoms with Crippen molar-refractivity contribution < 1.29 is 17.4 Å². The van der Waals surface area contributed by atoms with Gasteiger partial charge in [0.1, 0.15) is 5.69 Å². The summed E-state index contributed by atoms with van der Waals surface area (Å²) in [4.78, 5) is 11.9. The van der Waals surface area contributed by atoms with E-state index >= 15 is 0 Å². The van der Waals surface area contributed by atoms with Crippen LogP contribution in [0.2, 0.25) is 0 Å². The highest BCUT2D eigenvalue weighted by atomic mass is 32.2. The predicted molar refractivity (Wildman–Crippen MR) is 84.9 cm³/mol. The Bertz CT molecular complexity index is 937. The molecule has 0 saturated heterocycles. The number of nitrogens with zero attached hydrogens (tertiary/aromatic N) is 3. The fraction of sp³-hybridized carbons (Fsp3) is 0.267. The standard InChI is InChI=1S/C15H15N3O5S/c1-9-5-4-6-12(7-9)8-13-17-22-15(19)18(13)24(20)23-14-10(2)16-21-11(14)3/h4-7H,8H2,1-3H3. The lowest BCUT2D eigenvalue weighted by Crippen LogP contribution is -2.24. The molecular weight excluding hydrogens is 334 g/mol. The van der Waals surface area contributed by atoms with Crippen LogP contribution in [0, 0.1) is 20.8 Å². The fourth-order valence-corrected chi connectivity index (χ4v) is 3.11. The van der Waals surface area contributed by atoms with Crippen molar-refractivity contribution in [2.45, 2.75) is 27.2 Å². The van der Waals surface area contributed by atoms with Crippen molar-refractivity contribution in [3.8, 4) is 5.75 Å². The van der Waals surface area contributed by atoms with E-state index in [0.717, 1.165) is 15.1 Å². The van der Waals surface area contributed by atoms with Crippen LogP contribution in [0.25, 0.3) is 0 Å². The molecule has 8 nitrogen and oxygen atoms in total. The van der Waals surface area contributed by atoms with Gasteiger partial charge in [-0.3, -0.25) is 4.52 Å². The largest absolute Gasteiger partial charge is 0.456 e. The van der Waals surface area contributed by atoms with Crippen molar-refractivity contribution in [1.29, 1.82) is 0 Å². The molecule has 0 bridgehead atoms. The molecular formula is C15H15N3O5S. The summed E-state index contributed by atoms with van der Waals surface area (Å²) in [6, 6.07) is 7.68. The van der Waals surface area contributed by atoms with E-state index in [0.29, 0.717) is 11.5 Å². The van der Waals surface area contributed by atoms with Crippen molar-refractivity contribution >= 4 is 11.3 Å². The molecule has 0 saturated carbocycles. The Kier molecular flexibility index (Phi) is 4.34. The van der Waals surface area contributed by atoms with Gasteiger partial charge in [-0.2, -0.15) is 4.21 Å². The van der Waals surface area contributed by atoms with Crippen LogP contribution in [-0.4, -0.2) is 18.5 Å². The molecule has 0 aliphatic rings. The molecule has 0 aliphatic heterocycles. The van der Waals surface area contributed by atoms with E-state index in [2.05, 4.69) is 14.8 Å². The third kappa shape index (κ3) is 3.16. The summed E-state index contributed by atoms with van der Waals surface area (Å²) in [5.74, 6) is -0.0630. The molecule has 0 amide bonds. The van der Waals surface area contributed by atoms with Crippen LogP contribution in [0.4, 0.5) is 0 Å². The SMILES string of the molecule is Cc1cccc(Cc2noc(=O)n2S(=O)Oc2c(C)noc2C)c1. The van der Waals surface area contributed by atoms with Crippen LogP contribution in [0.5, 0.6) is 5.75 Å². The van der Waals surface area contributed by atoms with Crippen LogP contribution >= 0.6 is 0 Å². The second-order valence-electron chi connectivity index (χ2n) is 5.28. The van der Waals surface area contributed by atoms with Gasteiger partial charge in [0, 0.05) is 13.3 Å². The van der Waals surface area contributed by atoms with E-state index in [4.69, 9.17) is 8.71 Å². The van der Waals surface area contributed by atoms with Crippen LogP contribution < -0.4 is 9.94 Å². The summed E-state index contributed by atoms with van der Waals surface area (Å²) < 4.78 is 28.2. The van der Waals surface area contributed by atoms with Gasteiger partial charge in [0.25, 0.3) is 0 Å². The molecule has 0 spiro atoms. The Morgan fingerprint density at radius 2 is 2.00 bits per heavy atom. The van der Waals surface area contributed by atoms with Crippen LogP contribution in [0.1, 0.15) is 28.4 Å². The maximum absolute atomic E-state index is 12.5. The van der Waals surface area contributed by atoms with Crippen molar-refractivity contribution in [1.82, 2.24) is 14.3 Å². The summed E-state index contributed by atoms with van der Waals surface area (Å²) in [5.41, 5.74) is 2.41. The molecule has 3 rings (SSSR count). The molecule has 0 N–H and O–H groups in total. The first kappa shape index (κ1) is 16.2. The summed E-state index contributed by atoms with van der Waals surface area (Å²) in [7, 11) is 0. The molecule has 0 radical (unpaired) electrons. The van der Waals surface area contributed by atoms with E-state index < -0.39 is 17.0 Å². The lowest BCUT2D eigenvalue weighted by atomic mass is 10.1. The van der Waals surface area contributed by atoms with Crippen molar-refractivity contribution in [2.75, 3.05) is 0 Å². The lowest BCUT2D eigenvalue weighted by molar-refractivity contribution is 0.379. The molecule has 2 aromatic heterocycles. The Balaban J connectivity index is 1.90. The molecule has 9 heteroatoms. The molecule has 126 valence electrons. The number of hydrogen-bond donors (Lipinski definition) is 0. The average molecular weight is 349 g/mol. The van der Waals surface area contributed by atoms with Gasteiger partial charge in [-0.15, -0.1) is 3.97 Å². The minimum absolute atomic E-state index is 0.204. The molecule has 2 heterocycles. The number of benzene rings is 1. The van der Waals surface area contributed by atoms with Gasteiger partial charge in [0.15, 0.2) is 11.6 Å². The maximum Gasteiger partial charge on any atom is 0.456 e. The molecule has 1 aromatic carbocycles. The lowest BCUT2D eigenvalue weighted by Gasteiger charge is -2.05. The summed E-state index contributed by atoms with van der Waals surface area (Å²) >= 11 is -2.16. The second kappa shape index (κ2) is 6.44. The summed E-state index contributed by atoms with van der Waals surface area (Å²) in [5, 5.41) is 7.41. The Morgan fingerprint density at radius 1 is 1.21 bits per heavy atom. The summed E-state index contributed by atoms with van der Waals surface area (Å²) in [6.07, 6.45) is 0.282. The number of aromatic nitrogens is 3. The zero-order chi connectivity index (χ0) is 17.3. The van der Waals surface area contributed by atoms with E-state index in [1.54, 1.807) is 13.8 Å². The van der Waals surface area contributed by atoms with Gasteiger partial charge in [0.2, 0.25) is 5.75 Å². The van der Waals surface area contributed by atoms with Crippen LogP contribution in [0.15, 0.2) is 38.1 Å². The van der Waals surface area contributed by atoms with Gasteiger partial charge < -0.3 is 8.71 Å². The highest BCUT2D eigenvalue weighted by Gasteiger charge is 2.22. The highest BCUT2D eigenvalue weighted by molar-refractivity contribution is 7.79. The van der Waals surface area contributed by atoms with Gasteiger partial charge >= 0.3 is 17.0 Å². The average Bonchev–Trinajstić information content (AvgIpc) is 3.04. The van der Waals surface area contributed by atoms with E-state index in [9.17, 15) is 9.00 Å². The Hall–Kier alpha value is -2.68. The van der Waals surface area contributed by atoms with Crippen LogP contribution in [0.3, 0.4) is 0 Å².